The molecule has 9 nitrogen and oxygen atoms in total. The van der Waals surface area contributed by atoms with Crippen LogP contribution >= 0.6 is 11.6 Å². The molecule has 1 aliphatic rings. The van der Waals surface area contributed by atoms with Crippen LogP contribution in [-0.2, 0) is 4.74 Å². The molecule has 1 aromatic carbocycles. The highest BCUT2D eigenvalue weighted by Gasteiger charge is 2.31. The fraction of sp³-hybridized carbons (Fsp3) is 0.462. The molecule has 0 saturated carbocycles. The lowest BCUT2D eigenvalue weighted by Crippen LogP contribution is -2.48. The summed E-state index contributed by atoms with van der Waals surface area (Å²) < 4.78 is 5.51. The highest BCUT2D eigenvalue weighted by atomic mass is 35.5. The van der Waals surface area contributed by atoms with Crippen molar-refractivity contribution in [1.29, 1.82) is 0 Å². The zero-order chi connectivity index (χ0) is 17.3. The first-order valence-electron chi connectivity index (χ1n) is 6.77. The Balaban J connectivity index is 2.44. The molecule has 23 heavy (non-hydrogen) atoms. The first kappa shape index (κ1) is 17.1. The molecule has 124 valence electrons. The van der Waals surface area contributed by atoms with Crippen molar-refractivity contribution >= 4 is 28.9 Å². The first-order valence-corrected chi connectivity index (χ1v) is 7.15. The van der Waals surface area contributed by atoms with Crippen LogP contribution in [0.15, 0.2) is 12.1 Å². The molecule has 0 aromatic heterocycles. The van der Waals surface area contributed by atoms with Crippen molar-refractivity contribution in [3.05, 3.63) is 42.9 Å². The summed E-state index contributed by atoms with van der Waals surface area (Å²) in [4.78, 5) is 34.3. The summed E-state index contributed by atoms with van der Waals surface area (Å²) in [6.07, 6.45) is -0.389. The van der Waals surface area contributed by atoms with Gasteiger partial charge in [-0.1, -0.05) is 11.6 Å². The van der Waals surface area contributed by atoms with Crippen LogP contribution < -0.4 is 0 Å². The van der Waals surface area contributed by atoms with Gasteiger partial charge in [-0.05, 0) is 13.8 Å². The number of nitro groups is 2. The molecule has 0 N–H and O–H groups in total. The zero-order valence-electron chi connectivity index (χ0n) is 12.4. The third kappa shape index (κ3) is 3.57. The first-order chi connectivity index (χ1) is 10.7. The molecule has 2 atom stereocenters. The number of ether oxygens (including phenoxy) is 1. The van der Waals surface area contributed by atoms with Gasteiger partial charge in [0.2, 0.25) is 0 Å². The molecule has 0 bridgehead atoms. The van der Waals surface area contributed by atoms with E-state index in [1.54, 1.807) is 13.8 Å². The van der Waals surface area contributed by atoms with E-state index in [1.807, 2.05) is 0 Å². The smallest absolute Gasteiger partial charge is 0.295 e. The normalized spacial score (nSPS) is 21.1. The minimum absolute atomic E-state index is 0.144. The van der Waals surface area contributed by atoms with E-state index in [9.17, 15) is 25.0 Å². The average molecular weight is 344 g/mol. The van der Waals surface area contributed by atoms with Gasteiger partial charge in [-0.15, -0.1) is 0 Å². The maximum absolute atomic E-state index is 12.5. The van der Waals surface area contributed by atoms with E-state index in [4.69, 9.17) is 16.3 Å². The largest absolute Gasteiger partial charge is 0.372 e. The molecule has 0 radical (unpaired) electrons. The van der Waals surface area contributed by atoms with Crippen LogP contribution in [0.5, 0.6) is 0 Å². The number of carbonyl (C=O) groups excluding carboxylic acids is 1. The van der Waals surface area contributed by atoms with Gasteiger partial charge in [0.25, 0.3) is 17.3 Å². The molecule has 1 fully saturated rings. The molecule has 1 aliphatic heterocycles. The molecule has 10 heteroatoms. The van der Waals surface area contributed by atoms with Gasteiger partial charge in [0.15, 0.2) is 5.02 Å². The van der Waals surface area contributed by atoms with Gasteiger partial charge in [-0.2, -0.15) is 0 Å². The second-order valence-corrected chi connectivity index (χ2v) is 5.69. The van der Waals surface area contributed by atoms with Crippen LogP contribution in [0.4, 0.5) is 11.4 Å². The Labute approximate surface area is 136 Å². The molecule has 2 unspecified atom stereocenters. The molecule has 1 heterocycles. The number of amides is 1. The third-order valence-electron chi connectivity index (χ3n) is 3.38. The van der Waals surface area contributed by atoms with Crippen LogP contribution in [0.2, 0.25) is 5.02 Å². The molecule has 1 aromatic rings. The van der Waals surface area contributed by atoms with Crippen LogP contribution in [0.25, 0.3) is 0 Å². The second-order valence-electron chi connectivity index (χ2n) is 5.31. The summed E-state index contributed by atoms with van der Waals surface area (Å²) in [5.41, 5.74) is -1.48. The SMILES string of the molecule is CC1CN(C(=O)c2cc([N+](=O)[O-])c(Cl)c([N+](=O)[O-])c2)CC(C)O1. The minimum atomic E-state index is -0.851. The van der Waals surface area contributed by atoms with E-state index in [0.29, 0.717) is 13.1 Å². The second kappa shape index (κ2) is 6.47. The average Bonchev–Trinajstić information content (AvgIpc) is 2.45. The van der Waals surface area contributed by atoms with E-state index < -0.39 is 32.2 Å². The van der Waals surface area contributed by atoms with E-state index in [-0.39, 0.29) is 17.8 Å². The van der Waals surface area contributed by atoms with Crippen molar-refractivity contribution in [2.75, 3.05) is 13.1 Å². The maximum Gasteiger partial charge on any atom is 0.295 e. The molecule has 1 amide bonds. The lowest BCUT2D eigenvalue weighted by Gasteiger charge is -2.35. The minimum Gasteiger partial charge on any atom is -0.372 e. The Hall–Kier alpha value is -2.26. The molecule has 0 spiro atoms. The van der Waals surface area contributed by atoms with Crippen molar-refractivity contribution < 1.29 is 19.4 Å². The zero-order valence-corrected chi connectivity index (χ0v) is 13.1. The quantitative estimate of drug-likeness (QED) is 0.614. The monoisotopic (exact) mass is 343 g/mol. The van der Waals surface area contributed by atoms with Crippen molar-refractivity contribution in [2.24, 2.45) is 0 Å². The lowest BCUT2D eigenvalue weighted by atomic mass is 10.1. The summed E-state index contributed by atoms with van der Waals surface area (Å²) in [6, 6.07) is 1.92. The van der Waals surface area contributed by atoms with Gasteiger partial charge < -0.3 is 9.64 Å². The van der Waals surface area contributed by atoms with Gasteiger partial charge in [0.1, 0.15) is 0 Å². The number of morpholine rings is 1. The maximum atomic E-state index is 12.5. The van der Waals surface area contributed by atoms with Gasteiger partial charge in [0.05, 0.1) is 27.6 Å². The molecule has 2 rings (SSSR count). The van der Waals surface area contributed by atoms with Crippen LogP contribution in [0.1, 0.15) is 24.2 Å². The summed E-state index contributed by atoms with van der Waals surface area (Å²) in [5.74, 6) is -0.533. The number of hydrogen-bond donors (Lipinski definition) is 0. The van der Waals surface area contributed by atoms with Gasteiger partial charge in [-0.3, -0.25) is 25.0 Å². The lowest BCUT2D eigenvalue weighted by molar-refractivity contribution is -0.393. The van der Waals surface area contributed by atoms with Gasteiger partial charge in [-0.25, -0.2) is 0 Å². The van der Waals surface area contributed by atoms with Crippen molar-refractivity contribution in [1.82, 2.24) is 4.90 Å². The molecular weight excluding hydrogens is 330 g/mol. The summed E-state index contributed by atoms with van der Waals surface area (Å²) in [6.45, 7) is 4.19. The molecule has 1 saturated heterocycles. The van der Waals surface area contributed by atoms with Crippen LogP contribution in [0, 0.1) is 20.2 Å². The Kier molecular flexibility index (Phi) is 4.81. The number of hydrogen-bond acceptors (Lipinski definition) is 6. The molecular formula is C13H14ClN3O6. The molecule has 0 aliphatic carbocycles. The van der Waals surface area contributed by atoms with Crippen molar-refractivity contribution in [3.8, 4) is 0 Å². The highest BCUT2D eigenvalue weighted by Crippen LogP contribution is 2.35. The number of carbonyl (C=O) groups is 1. The Morgan fingerprint density at radius 1 is 1.17 bits per heavy atom. The Morgan fingerprint density at radius 2 is 1.61 bits per heavy atom. The van der Waals surface area contributed by atoms with E-state index >= 15 is 0 Å². The van der Waals surface area contributed by atoms with Gasteiger partial charge >= 0.3 is 0 Å². The van der Waals surface area contributed by atoms with Crippen LogP contribution in [-0.4, -0.2) is 46.0 Å². The Morgan fingerprint density at radius 3 is 2.00 bits per heavy atom. The summed E-state index contributed by atoms with van der Waals surface area (Å²) in [7, 11) is 0. The van der Waals surface area contributed by atoms with Crippen LogP contribution in [0.3, 0.4) is 0 Å². The topological polar surface area (TPSA) is 116 Å². The van der Waals surface area contributed by atoms with Gasteiger partial charge in [0, 0.05) is 25.2 Å². The number of benzene rings is 1. The highest BCUT2D eigenvalue weighted by molar-refractivity contribution is 6.35. The number of rotatable bonds is 3. The number of nitro benzene ring substituents is 2. The van der Waals surface area contributed by atoms with Crippen molar-refractivity contribution in [3.63, 3.8) is 0 Å². The third-order valence-corrected chi connectivity index (χ3v) is 3.77. The summed E-state index contributed by atoms with van der Waals surface area (Å²) >= 11 is 5.68. The fourth-order valence-corrected chi connectivity index (χ4v) is 2.76. The predicted octanol–water partition coefficient (Wildman–Crippen LogP) is 2.41. The summed E-state index contributed by atoms with van der Waals surface area (Å²) in [5, 5.41) is 21.4. The van der Waals surface area contributed by atoms with E-state index in [2.05, 4.69) is 0 Å². The number of halogens is 1. The number of nitrogens with zero attached hydrogens (tertiary/aromatic N) is 3. The van der Waals surface area contributed by atoms with E-state index in [0.717, 1.165) is 12.1 Å². The standard InChI is InChI=1S/C13H14ClN3O6/c1-7-5-15(6-8(2)23-7)13(18)9-3-10(16(19)20)12(14)11(4-9)17(21)22/h3-4,7-8H,5-6H2,1-2H3. The Bertz CT molecular complexity index is 635. The van der Waals surface area contributed by atoms with E-state index in [1.165, 1.54) is 4.90 Å². The predicted molar refractivity (Wildman–Crippen MR) is 80.7 cm³/mol. The van der Waals surface area contributed by atoms with Crippen molar-refractivity contribution in [2.45, 2.75) is 26.1 Å². The fourth-order valence-electron chi connectivity index (χ4n) is 2.51.